The zero-order valence-electron chi connectivity index (χ0n) is 5.49. The Labute approximate surface area is 83.2 Å². The molecule has 0 aromatic carbocycles. The zero-order valence-corrected chi connectivity index (χ0v) is 8.66. The van der Waals surface area contributed by atoms with Crippen molar-refractivity contribution in [3.8, 4) is 0 Å². The molecule has 66 valence electrons. The molecule has 0 bridgehead atoms. The van der Waals surface area contributed by atoms with Crippen molar-refractivity contribution in [1.29, 1.82) is 0 Å². The monoisotopic (exact) mass is 303 g/mol. The highest BCUT2D eigenvalue weighted by Crippen LogP contribution is 2.33. The molecule has 1 rings (SSSR count). The van der Waals surface area contributed by atoms with E-state index < -0.39 is 17.8 Å². The van der Waals surface area contributed by atoms with Gasteiger partial charge in [0, 0.05) is 0 Å². The highest BCUT2D eigenvalue weighted by atomic mass is 79.9. The Balaban J connectivity index is 3.33. The number of nitrogens with zero attached hydrogens (tertiary/aromatic N) is 1. The summed E-state index contributed by atoms with van der Waals surface area (Å²) in [7, 11) is 0. The Morgan fingerprint density at radius 1 is 1.33 bits per heavy atom. The molecule has 0 amide bonds. The lowest BCUT2D eigenvalue weighted by molar-refractivity contribution is 0.148. The molecule has 0 aliphatic rings. The number of aromatic nitrogens is 1. The Hall–Kier alpha value is -0.100. The summed E-state index contributed by atoms with van der Waals surface area (Å²) < 4.78 is 36.8. The van der Waals surface area contributed by atoms with Crippen molar-refractivity contribution < 1.29 is 13.2 Å². The molecule has 0 aliphatic carbocycles. The largest absolute Gasteiger partial charge is 0.267 e. The maximum absolute atomic E-state index is 12.7. The first-order chi connectivity index (χ1) is 5.54. The van der Waals surface area contributed by atoms with Crippen LogP contribution >= 0.6 is 31.9 Å². The number of halogens is 5. The summed E-state index contributed by atoms with van der Waals surface area (Å²) >= 11 is 5.50. The molecule has 1 aromatic rings. The molecule has 6 heteroatoms. The van der Waals surface area contributed by atoms with Gasteiger partial charge in [-0.2, -0.15) is 0 Å². The summed E-state index contributed by atoms with van der Waals surface area (Å²) in [5.74, 6) is -0.798. The molecular formula is C6H2Br2F3N. The van der Waals surface area contributed by atoms with Gasteiger partial charge in [0.25, 0.3) is 6.43 Å². The molecule has 12 heavy (non-hydrogen) atoms. The van der Waals surface area contributed by atoms with Crippen molar-refractivity contribution in [2.45, 2.75) is 6.43 Å². The van der Waals surface area contributed by atoms with E-state index in [2.05, 4.69) is 36.8 Å². The van der Waals surface area contributed by atoms with Gasteiger partial charge in [0.1, 0.15) is 4.60 Å². The molecule has 0 fully saturated rings. The van der Waals surface area contributed by atoms with E-state index >= 15 is 0 Å². The first-order valence-electron chi connectivity index (χ1n) is 2.81. The number of rotatable bonds is 1. The van der Waals surface area contributed by atoms with Crippen LogP contribution in [-0.2, 0) is 0 Å². The van der Waals surface area contributed by atoms with E-state index in [0.717, 1.165) is 6.20 Å². The first-order valence-corrected chi connectivity index (χ1v) is 4.40. The van der Waals surface area contributed by atoms with E-state index in [0.29, 0.717) is 0 Å². The third-order valence-electron chi connectivity index (χ3n) is 1.18. The fourth-order valence-corrected chi connectivity index (χ4v) is 1.85. The lowest BCUT2D eigenvalue weighted by Crippen LogP contribution is -1.94. The SMILES string of the molecule is Fc1cnc(Br)c(C(F)F)c1Br. The molecule has 1 nitrogen and oxygen atoms in total. The van der Waals surface area contributed by atoms with Gasteiger partial charge in [0.05, 0.1) is 16.2 Å². The van der Waals surface area contributed by atoms with Crippen LogP contribution in [0.4, 0.5) is 13.2 Å². The van der Waals surface area contributed by atoms with Gasteiger partial charge in [-0.25, -0.2) is 18.2 Å². The third kappa shape index (κ3) is 1.80. The highest BCUT2D eigenvalue weighted by molar-refractivity contribution is 9.11. The first kappa shape index (κ1) is 9.98. The standard InChI is InChI=1S/C6H2Br2F3N/c7-4-2(9)1-12-5(8)3(4)6(10)11/h1,6H. The fraction of sp³-hybridized carbons (Fsp3) is 0.167. The van der Waals surface area contributed by atoms with E-state index in [-0.39, 0.29) is 9.08 Å². The third-order valence-corrected chi connectivity index (χ3v) is 2.62. The van der Waals surface area contributed by atoms with Gasteiger partial charge in [-0.15, -0.1) is 0 Å². The Bertz CT molecular complexity index is 303. The van der Waals surface area contributed by atoms with Crippen LogP contribution in [0.3, 0.4) is 0 Å². The Morgan fingerprint density at radius 3 is 2.33 bits per heavy atom. The molecule has 0 atom stereocenters. The van der Waals surface area contributed by atoms with Gasteiger partial charge < -0.3 is 0 Å². The molecule has 1 aromatic heterocycles. The minimum absolute atomic E-state index is 0.0502. The summed E-state index contributed by atoms with van der Waals surface area (Å²) in [6.45, 7) is 0. The molecule has 0 spiro atoms. The zero-order chi connectivity index (χ0) is 9.30. The van der Waals surface area contributed by atoms with Gasteiger partial charge in [-0.05, 0) is 31.9 Å². The van der Waals surface area contributed by atoms with Gasteiger partial charge in [0.2, 0.25) is 0 Å². The van der Waals surface area contributed by atoms with Crippen molar-refractivity contribution in [2.24, 2.45) is 0 Å². The number of hydrogen-bond donors (Lipinski definition) is 0. The average Bonchev–Trinajstić information content (AvgIpc) is 1.97. The Morgan fingerprint density at radius 2 is 1.92 bits per heavy atom. The predicted molar refractivity (Wildman–Crippen MR) is 44.6 cm³/mol. The van der Waals surface area contributed by atoms with Crippen molar-refractivity contribution in [3.63, 3.8) is 0 Å². The number of hydrogen-bond acceptors (Lipinski definition) is 1. The van der Waals surface area contributed by atoms with Gasteiger partial charge in [-0.1, -0.05) is 0 Å². The second-order valence-electron chi connectivity index (χ2n) is 1.93. The van der Waals surface area contributed by atoms with Crippen molar-refractivity contribution in [2.75, 3.05) is 0 Å². The molecule has 0 saturated carbocycles. The predicted octanol–water partition coefficient (Wildman–Crippen LogP) is 3.68. The maximum Gasteiger partial charge on any atom is 0.267 e. The van der Waals surface area contributed by atoms with Crippen LogP contribution < -0.4 is 0 Å². The molecule has 1 heterocycles. The van der Waals surface area contributed by atoms with Crippen molar-refractivity contribution in [1.82, 2.24) is 4.98 Å². The van der Waals surface area contributed by atoms with Crippen LogP contribution in [0.15, 0.2) is 15.3 Å². The van der Waals surface area contributed by atoms with Crippen LogP contribution in [0.25, 0.3) is 0 Å². The van der Waals surface area contributed by atoms with Crippen molar-refractivity contribution in [3.05, 3.63) is 26.7 Å². The second kappa shape index (κ2) is 3.74. The number of alkyl halides is 2. The highest BCUT2D eigenvalue weighted by Gasteiger charge is 2.19. The number of pyridine rings is 1. The quantitative estimate of drug-likeness (QED) is 0.721. The normalized spacial score (nSPS) is 10.8. The van der Waals surface area contributed by atoms with E-state index in [1.165, 1.54) is 0 Å². The van der Waals surface area contributed by atoms with Crippen LogP contribution in [0.5, 0.6) is 0 Å². The minimum atomic E-state index is -2.75. The molecule has 0 saturated heterocycles. The molecular weight excluding hydrogens is 303 g/mol. The second-order valence-corrected chi connectivity index (χ2v) is 3.47. The summed E-state index contributed by atoms with van der Waals surface area (Å²) in [5.41, 5.74) is -0.463. The topological polar surface area (TPSA) is 12.9 Å². The molecule has 0 N–H and O–H groups in total. The molecule has 0 unspecified atom stereocenters. The van der Waals surface area contributed by atoms with E-state index in [9.17, 15) is 13.2 Å². The average molecular weight is 305 g/mol. The van der Waals surface area contributed by atoms with Crippen LogP contribution in [0, 0.1) is 5.82 Å². The van der Waals surface area contributed by atoms with Crippen LogP contribution in [0.1, 0.15) is 12.0 Å². The lowest BCUT2D eigenvalue weighted by Gasteiger charge is -2.04. The summed E-state index contributed by atoms with van der Waals surface area (Å²) in [5, 5.41) is 0. The minimum Gasteiger partial charge on any atom is -0.246 e. The van der Waals surface area contributed by atoms with Crippen LogP contribution in [0.2, 0.25) is 0 Å². The van der Waals surface area contributed by atoms with Gasteiger partial charge in [-0.3, -0.25) is 0 Å². The Kier molecular flexibility index (Phi) is 3.11. The van der Waals surface area contributed by atoms with Gasteiger partial charge >= 0.3 is 0 Å². The van der Waals surface area contributed by atoms with E-state index in [4.69, 9.17) is 0 Å². The summed E-state index contributed by atoms with van der Waals surface area (Å²) in [4.78, 5) is 3.39. The maximum atomic E-state index is 12.7. The summed E-state index contributed by atoms with van der Waals surface area (Å²) in [6.07, 6.45) is -1.89. The van der Waals surface area contributed by atoms with Crippen molar-refractivity contribution >= 4 is 31.9 Å². The van der Waals surface area contributed by atoms with E-state index in [1.54, 1.807) is 0 Å². The van der Waals surface area contributed by atoms with Gasteiger partial charge in [0.15, 0.2) is 5.82 Å². The van der Waals surface area contributed by atoms with Crippen LogP contribution in [-0.4, -0.2) is 4.98 Å². The summed E-state index contributed by atoms with van der Waals surface area (Å²) in [6, 6.07) is 0. The smallest absolute Gasteiger partial charge is 0.246 e. The fourth-order valence-electron chi connectivity index (χ4n) is 0.645. The lowest BCUT2D eigenvalue weighted by atomic mass is 10.3. The molecule has 0 radical (unpaired) electrons. The van der Waals surface area contributed by atoms with E-state index in [1.807, 2.05) is 0 Å². The molecule has 0 aliphatic heterocycles.